The van der Waals surface area contributed by atoms with Crippen molar-refractivity contribution in [3.8, 4) is 0 Å². The van der Waals surface area contributed by atoms with E-state index in [1.165, 1.54) is 9.80 Å². The maximum atomic E-state index is 13.4. The third-order valence-corrected chi connectivity index (χ3v) is 7.68. The molecule has 2 aliphatic carbocycles. The average Bonchev–Trinajstić information content (AvgIpc) is 3.43. The SMILES string of the molecule is C[C@@H](C(=O)NC1CCCC1)N(Cc1ccccc1Cl)C(=O)CCN1C(=O)[C@H]2CC=CC[C@H]2C1=O. The van der Waals surface area contributed by atoms with Crippen molar-refractivity contribution in [1.29, 1.82) is 0 Å². The van der Waals surface area contributed by atoms with Crippen LogP contribution in [0.5, 0.6) is 0 Å². The van der Waals surface area contributed by atoms with Crippen LogP contribution in [0.15, 0.2) is 36.4 Å². The van der Waals surface area contributed by atoms with Crippen molar-refractivity contribution in [3.05, 3.63) is 47.0 Å². The minimum absolute atomic E-state index is 0.0273. The van der Waals surface area contributed by atoms with Crippen LogP contribution in [0.4, 0.5) is 0 Å². The van der Waals surface area contributed by atoms with Gasteiger partial charge in [0.15, 0.2) is 0 Å². The number of fused-ring (bicyclic) bond motifs is 1. The first-order valence-electron chi connectivity index (χ1n) is 12.2. The summed E-state index contributed by atoms with van der Waals surface area (Å²) in [6.45, 7) is 1.92. The summed E-state index contributed by atoms with van der Waals surface area (Å²) in [5.41, 5.74) is 0.739. The molecule has 1 saturated heterocycles. The first-order chi connectivity index (χ1) is 16.4. The molecule has 34 heavy (non-hydrogen) atoms. The van der Waals surface area contributed by atoms with E-state index in [2.05, 4.69) is 5.32 Å². The summed E-state index contributed by atoms with van der Waals surface area (Å²) in [5, 5.41) is 3.59. The lowest BCUT2D eigenvalue weighted by atomic mass is 9.85. The van der Waals surface area contributed by atoms with E-state index in [1.807, 2.05) is 30.4 Å². The summed E-state index contributed by atoms with van der Waals surface area (Å²) < 4.78 is 0. The number of hydrogen-bond acceptors (Lipinski definition) is 4. The minimum Gasteiger partial charge on any atom is -0.352 e. The standard InChI is InChI=1S/C26H32ClN3O4/c1-17(24(32)28-19-9-3-4-10-19)30(16-18-8-2-7-13-22(18)27)23(31)14-15-29-25(33)20-11-5-6-12-21(20)26(29)34/h2,5-8,13,17,19-21H,3-4,9-12,14-16H2,1H3,(H,28,32)/t17-,20-,21+/m0/s1. The number of carbonyl (C=O) groups excluding carboxylic acids is 4. The van der Waals surface area contributed by atoms with Gasteiger partial charge in [-0.2, -0.15) is 0 Å². The molecule has 0 bridgehead atoms. The Hall–Kier alpha value is -2.67. The molecule has 4 rings (SSSR count). The highest BCUT2D eigenvalue weighted by Crippen LogP contribution is 2.35. The van der Waals surface area contributed by atoms with Gasteiger partial charge in [0.05, 0.1) is 11.8 Å². The fourth-order valence-corrected chi connectivity index (χ4v) is 5.42. The highest BCUT2D eigenvalue weighted by atomic mass is 35.5. The highest BCUT2D eigenvalue weighted by molar-refractivity contribution is 6.31. The van der Waals surface area contributed by atoms with Crippen LogP contribution in [-0.2, 0) is 25.7 Å². The molecule has 2 fully saturated rings. The van der Waals surface area contributed by atoms with Crippen LogP contribution in [0.3, 0.4) is 0 Å². The van der Waals surface area contributed by atoms with Crippen molar-refractivity contribution in [2.24, 2.45) is 11.8 Å². The smallest absolute Gasteiger partial charge is 0.242 e. The molecule has 7 nitrogen and oxygen atoms in total. The Kier molecular flexibility index (Phi) is 7.71. The molecule has 0 aromatic heterocycles. The molecular weight excluding hydrogens is 454 g/mol. The quantitative estimate of drug-likeness (QED) is 0.451. The van der Waals surface area contributed by atoms with Crippen LogP contribution in [0.2, 0.25) is 5.02 Å². The summed E-state index contributed by atoms with van der Waals surface area (Å²) >= 11 is 6.34. The lowest BCUT2D eigenvalue weighted by Crippen LogP contribution is -2.50. The lowest BCUT2D eigenvalue weighted by Gasteiger charge is -2.30. The van der Waals surface area contributed by atoms with Gasteiger partial charge in [0.1, 0.15) is 6.04 Å². The molecule has 0 unspecified atom stereocenters. The van der Waals surface area contributed by atoms with Gasteiger partial charge in [0.25, 0.3) is 0 Å². The number of halogens is 1. The summed E-state index contributed by atoms with van der Waals surface area (Å²) in [6.07, 6.45) is 9.08. The molecule has 4 amide bonds. The van der Waals surface area contributed by atoms with Gasteiger partial charge in [0, 0.05) is 30.6 Å². The van der Waals surface area contributed by atoms with E-state index in [0.29, 0.717) is 17.9 Å². The van der Waals surface area contributed by atoms with Crippen molar-refractivity contribution < 1.29 is 19.2 Å². The van der Waals surface area contributed by atoms with E-state index in [0.717, 1.165) is 31.2 Å². The molecule has 3 atom stereocenters. The van der Waals surface area contributed by atoms with Crippen LogP contribution >= 0.6 is 11.6 Å². The predicted octanol–water partition coefficient (Wildman–Crippen LogP) is 3.46. The number of rotatable bonds is 8. The van der Waals surface area contributed by atoms with Crippen molar-refractivity contribution >= 4 is 35.2 Å². The van der Waals surface area contributed by atoms with Gasteiger partial charge in [0.2, 0.25) is 23.6 Å². The monoisotopic (exact) mass is 485 g/mol. The second-order valence-electron chi connectivity index (χ2n) is 9.51. The second kappa shape index (κ2) is 10.7. The van der Waals surface area contributed by atoms with Gasteiger partial charge in [-0.3, -0.25) is 24.1 Å². The highest BCUT2D eigenvalue weighted by Gasteiger charge is 2.47. The molecule has 1 aromatic carbocycles. The normalized spacial score (nSPS) is 23.2. The summed E-state index contributed by atoms with van der Waals surface area (Å²) in [5.74, 6) is -1.51. The molecule has 3 aliphatic rings. The van der Waals surface area contributed by atoms with E-state index in [-0.39, 0.29) is 61.0 Å². The number of hydrogen-bond donors (Lipinski definition) is 1. The number of imide groups is 1. The van der Waals surface area contributed by atoms with Crippen molar-refractivity contribution in [2.75, 3.05) is 6.54 Å². The molecular formula is C26H32ClN3O4. The molecule has 1 aromatic rings. The summed E-state index contributed by atoms with van der Waals surface area (Å²) in [7, 11) is 0. The van der Waals surface area contributed by atoms with Gasteiger partial charge in [-0.25, -0.2) is 0 Å². The van der Waals surface area contributed by atoms with Crippen LogP contribution in [0, 0.1) is 11.8 Å². The van der Waals surface area contributed by atoms with Crippen molar-refractivity contribution in [1.82, 2.24) is 15.1 Å². The van der Waals surface area contributed by atoms with Gasteiger partial charge >= 0.3 is 0 Å². The number of nitrogens with zero attached hydrogens (tertiary/aromatic N) is 2. The van der Waals surface area contributed by atoms with E-state index in [9.17, 15) is 19.2 Å². The number of allylic oxidation sites excluding steroid dienone is 2. The number of carbonyl (C=O) groups is 4. The largest absolute Gasteiger partial charge is 0.352 e. The van der Waals surface area contributed by atoms with E-state index in [4.69, 9.17) is 11.6 Å². The zero-order valence-electron chi connectivity index (χ0n) is 19.5. The topological polar surface area (TPSA) is 86.8 Å². The Morgan fingerprint density at radius 3 is 2.32 bits per heavy atom. The Bertz CT molecular complexity index is 962. The Labute approximate surface area is 205 Å². The Morgan fingerprint density at radius 1 is 1.09 bits per heavy atom. The second-order valence-corrected chi connectivity index (χ2v) is 9.92. The predicted molar refractivity (Wildman–Crippen MR) is 129 cm³/mol. The molecule has 0 radical (unpaired) electrons. The van der Waals surface area contributed by atoms with Crippen molar-refractivity contribution in [3.63, 3.8) is 0 Å². The van der Waals surface area contributed by atoms with E-state index >= 15 is 0 Å². The molecule has 1 heterocycles. The summed E-state index contributed by atoms with van der Waals surface area (Å²) in [4.78, 5) is 54.6. The fourth-order valence-electron chi connectivity index (χ4n) is 5.23. The first-order valence-corrected chi connectivity index (χ1v) is 12.6. The molecule has 182 valence electrons. The van der Waals surface area contributed by atoms with E-state index in [1.54, 1.807) is 13.0 Å². The number of benzene rings is 1. The minimum atomic E-state index is -0.707. The molecule has 1 N–H and O–H groups in total. The number of likely N-dealkylation sites (tertiary alicyclic amines) is 1. The van der Waals surface area contributed by atoms with Crippen LogP contribution in [0.1, 0.15) is 57.4 Å². The molecule has 1 saturated carbocycles. The van der Waals surface area contributed by atoms with Gasteiger partial charge in [-0.15, -0.1) is 0 Å². The summed E-state index contributed by atoms with van der Waals surface area (Å²) in [6, 6.07) is 6.66. The maximum Gasteiger partial charge on any atom is 0.242 e. The van der Waals surface area contributed by atoms with Gasteiger partial charge < -0.3 is 10.2 Å². The van der Waals surface area contributed by atoms with Gasteiger partial charge in [-0.05, 0) is 44.2 Å². The third kappa shape index (κ3) is 5.19. The Balaban J connectivity index is 1.45. The third-order valence-electron chi connectivity index (χ3n) is 7.32. The van der Waals surface area contributed by atoms with E-state index < -0.39 is 6.04 Å². The maximum absolute atomic E-state index is 13.4. The van der Waals surface area contributed by atoms with Gasteiger partial charge in [-0.1, -0.05) is 54.8 Å². The van der Waals surface area contributed by atoms with Crippen LogP contribution in [0.25, 0.3) is 0 Å². The molecule has 1 aliphatic heterocycles. The van der Waals surface area contributed by atoms with Crippen LogP contribution in [-0.4, -0.2) is 52.1 Å². The number of amides is 4. The lowest BCUT2D eigenvalue weighted by molar-refractivity contribution is -0.144. The Morgan fingerprint density at radius 2 is 1.71 bits per heavy atom. The van der Waals surface area contributed by atoms with Crippen molar-refractivity contribution in [2.45, 2.75) is 70.5 Å². The molecule has 0 spiro atoms. The number of nitrogens with one attached hydrogen (secondary N) is 1. The zero-order valence-corrected chi connectivity index (χ0v) is 20.3. The van der Waals surface area contributed by atoms with Crippen LogP contribution < -0.4 is 5.32 Å². The average molecular weight is 486 g/mol. The first kappa shape index (κ1) is 24.5. The molecule has 8 heteroatoms. The fraction of sp³-hybridized carbons (Fsp3) is 0.538. The zero-order chi connectivity index (χ0) is 24.2.